The van der Waals surface area contributed by atoms with Crippen molar-refractivity contribution >= 4 is 23.4 Å². The minimum atomic E-state index is -0.128. The molecule has 0 saturated carbocycles. The number of thioether (sulfide) groups is 1. The molecule has 0 amide bonds. The van der Waals surface area contributed by atoms with Gasteiger partial charge in [0.2, 0.25) is 0 Å². The number of aliphatic hydroxyl groups is 1. The molecular weight excluding hydrogens is 310 g/mol. The van der Waals surface area contributed by atoms with E-state index < -0.39 is 0 Å². The van der Waals surface area contributed by atoms with E-state index in [1.807, 2.05) is 35.9 Å². The highest BCUT2D eigenvalue weighted by atomic mass is 35.5. The highest BCUT2D eigenvalue weighted by Gasteiger charge is 2.38. The molecule has 0 aliphatic carbocycles. The highest BCUT2D eigenvalue weighted by molar-refractivity contribution is 7.99. The van der Waals surface area contributed by atoms with Crippen LogP contribution in [0.5, 0.6) is 0 Å². The Hall–Kier alpha value is -1.08. The zero-order chi connectivity index (χ0) is 14.9. The summed E-state index contributed by atoms with van der Waals surface area (Å²) in [4.78, 5) is 0. The Morgan fingerprint density at radius 1 is 1.33 bits per heavy atom. The van der Waals surface area contributed by atoms with Gasteiger partial charge >= 0.3 is 0 Å². The maximum Gasteiger partial charge on any atom is 0.191 e. The third-order valence-corrected chi connectivity index (χ3v) is 5.22. The summed E-state index contributed by atoms with van der Waals surface area (Å²) in [5.74, 6) is 1.58. The van der Waals surface area contributed by atoms with Crippen LogP contribution in [0.15, 0.2) is 29.4 Å². The van der Waals surface area contributed by atoms with Gasteiger partial charge in [0.15, 0.2) is 11.0 Å². The van der Waals surface area contributed by atoms with Crippen LogP contribution in [0.25, 0.3) is 11.4 Å². The van der Waals surface area contributed by atoms with Crippen molar-refractivity contribution in [3.8, 4) is 11.4 Å². The number of hydrogen-bond acceptors (Lipinski definition) is 5. The van der Waals surface area contributed by atoms with Crippen molar-refractivity contribution in [1.82, 2.24) is 14.8 Å². The van der Waals surface area contributed by atoms with E-state index >= 15 is 0 Å². The Balaban J connectivity index is 1.75. The molecule has 0 unspecified atom stereocenters. The Labute approximate surface area is 132 Å². The summed E-state index contributed by atoms with van der Waals surface area (Å²) in [6, 6.07) is 7.53. The van der Waals surface area contributed by atoms with Crippen molar-refractivity contribution in [2.24, 2.45) is 12.5 Å². The largest absolute Gasteiger partial charge is 0.396 e. The molecule has 1 saturated heterocycles. The lowest BCUT2D eigenvalue weighted by Crippen LogP contribution is -2.47. The summed E-state index contributed by atoms with van der Waals surface area (Å²) < 4.78 is 7.16. The van der Waals surface area contributed by atoms with E-state index in [-0.39, 0.29) is 12.0 Å². The Kier molecular flexibility index (Phi) is 4.21. The van der Waals surface area contributed by atoms with Crippen molar-refractivity contribution in [2.75, 3.05) is 25.6 Å². The third-order valence-electron chi connectivity index (χ3n) is 3.60. The molecule has 21 heavy (non-hydrogen) atoms. The lowest BCUT2D eigenvalue weighted by Gasteiger charge is -2.39. The minimum absolute atomic E-state index is 0.128. The number of halogens is 1. The molecule has 0 radical (unpaired) electrons. The predicted octanol–water partition coefficient (Wildman–Crippen LogP) is 2.24. The molecule has 5 nitrogen and oxygen atoms in total. The van der Waals surface area contributed by atoms with Crippen LogP contribution >= 0.6 is 23.4 Å². The van der Waals surface area contributed by atoms with Crippen molar-refractivity contribution in [3.63, 3.8) is 0 Å². The van der Waals surface area contributed by atoms with Gasteiger partial charge in [-0.2, -0.15) is 0 Å². The number of hydrogen-bond donors (Lipinski definition) is 1. The maximum atomic E-state index is 9.44. The predicted molar refractivity (Wildman–Crippen MR) is 82.5 cm³/mol. The molecule has 1 N–H and O–H groups in total. The smallest absolute Gasteiger partial charge is 0.191 e. The Bertz CT molecular complexity index is 620. The number of aliphatic hydroxyl groups excluding tert-OH is 1. The molecule has 3 rings (SSSR count). The standard InChI is InChI=1S/C14H16ClN3O2S/c1-18-12(10-2-4-11(15)5-3-10)16-17-13(18)21-9-14(6-19)7-20-8-14/h2-5,19H,6-9H2,1H3. The molecular formula is C14H16ClN3O2S. The number of aromatic nitrogens is 3. The van der Waals surface area contributed by atoms with Crippen molar-refractivity contribution in [2.45, 2.75) is 5.16 Å². The number of benzene rings is 1. The molecule has 1 aromatic carbocycles. The fraction of sp³-hybridized carbons (Fsp3) is 0.429. The summed E-state index contributed by atoms with van der Waals surface area (Å²) in [6.45, 7) is 1.36. The van der Waals surface area contributed by atoms with E-state index in [2.05, 4.69) is 10.2 Å². The Morgan fingerprint density at radius 2 is 2.05 bits per heavy atom. The van der Waals surface area contributed by atoms with Gasteiger partial charge in [-0.3, -0.25) is 0 Å². The molecule has 2 aromatic rings. The van der Waals surface area contributed by atoms with E-state index in [1.54, 1.807) is 11.8 Å². The summed E-state index contributed by atoms with van der Waals surface area (Å²) >= 11 is 7.50. The fourth-order valence-electron chi connectivity index (χ4n) is 2.12. The van der Waals surface area contributed by atoms with E-state index in [1.165, 1.54) is 0 Å². The monoisotopic (exact) mass is 325 g/mol. The van der Waals surface area contributed by atoms with Crippen LogP contribution in [0.1, 0.15) is 0 Å². The van der Waals surface area contributed by atoms with Crippen LogP contribution < -0.4 is 0 Å². The molecule has 1 aliphatic heterocycles. The quantitative estimate of drug-likeness (QED) is 0.854. The third kappa shape index (κ3) is 2.94. The van der Waals surface area contributed by atoms with Gasteiger partial charge in [0, 0.05) is 28.8 Å². The van der Waals surface area contributed by atoms with Crippen molar-refractivity contribution < 1.29 is 9.84 Å². The van der Waals surface area contributed by atoms with Crippen LogP contribution in [-0.2, 0) is 11.8 Å². The second-order valence-corrected chi connectivity index (χ2v) is 6.69. The molecule has 1 fully saturated rings. The lowest BCUT2D eigenvalue weighted by atomic mass is 9.90. The van der Waals surface area contributed by atoms with Gasteiger partial charge in [0.1, 0.15) is 0 Å². The number of ether oxygens (including phenoxy) is 1. The molecule has 7 heteroatoms. The van der Waals surface area contributed by atoms with Crippen LogP contribution in [0, 0.1) is 5.41 Å². The van der Waals surface area contributed by atoms with Gasteiger partial charge < -0.3 is 14.4 Å². The van der Waals surface area contributed by atoms with E-state index in [9.17, 15) is 5.11 Å². The van der Waals surface area contributed by atoms with Crippen LogP contribution in [-0.4, -0.2) is 45.4 Å². The van der Waals surface area contributed by atoms with Gasteiger partial charge in [0.25, 0.3) is 0 Å². The van der Waals surface area contributed by atoms with E-state index in [4.69, 9.17) is 16.3 Å². The summed E-state index contributed by atoms with van der Waals surface area (Å²) in [5, 5.41) is 19.4. The first-order chi connectivity index (χ1) is 10.1. The van der Waals surface area contributed by atoms with Gasteiger partial charge in [-0.15, -0.1) is 10.2 Å². The second-order valence-electron chi connectivity index (χ2n) is 5.31. The highest BCUT2D eigenvalue weighted by Crippen LogP contribution is 2.34. The van der Waals surface area contributed by atoms with Crippen molar-refractivity contribution in [1.29, 1.82) is 0 Å². The normalized spacial score (nSPS) is 16.7. The van der Waals surface area contributed by atoms with Crippen molar-refractivity contribution in [3.05, 3.63) is 29.3 Å². The molecule has 1 aliphatic rings. The average Bonchev–Trinajstić information content (AvgIpc) is 2.81. The summed E-state index contributed by atoms with van der Waals surface area (Å²) in [6.07, 6.45) is 0. The Morgan fingerprint density at radius 3 is 2.62 bits per heavy atom. The number of nitrogens with zero attached hydrogens (tertiary/aromatic N) is 3. The van der Waals surface area contributed by atoms with E-state index in [0.717, 1.165) is 22.3 Å². The van der Waals surface area contributed by atoms with Gasteiger partial charge in [-0.25, -0.2) is 0 Å². The molecule has 0 spiro atoms. The van der Waals surface area contributed by atoms with Gasteiger partial charge in [-0.1, -0.05) is 23.4 Å². The molecule has 0 bridgehead atoms. The van der Waals surface area contributed by atoms with Crippen LogP contribution in [0.2, 0.25) is 5.02 Å². The van der Waals surface area contributed by atoms with Gasteiger partial charge in [-0.05, 0) is 24.3 Å². The minimum Gasteiger partial charge on any atom is -0.396 e. The first kappa shape index (κ1) is 14.8. The van der Waals surface area contributed by atoms with Crippen LogP contribution in [0.4, 0.5) is 0 Å². The first-order valence-corrected chi connectivity index (χ1v) is 7.97. The maximum absolute atomic E-state index is 9.44. The van der Waals surface area contributed by atoms with Crippen LogP contribution in [0.3, 0.4) is 0 Å². The topological polar surface area (TPSA) is 60.2 Å². The second kappa shape index (κ2) is 5.96. The van der Waals surface area contributed by atoms with E-state index in [0.29, 0.717) is 18.2 Å². The molecule has 2 heterocycles. The summed E-state index contributed by atoms with van der Waals surface area (Å²) in [7, 11) is 1.94. The lowest BCUT2D eigenvalue weighted by molar-refractivity contribution is -0.121. The zero-order valence-electron chi connectivity index (χ0n) is 11.6. The molecule has 1 aromatic heterocycles. The number of rotatable bonds is 5. The SMILES string of the molecule is Cn1c(SCC2(CO)COC2)nnc1-c1ccc(Cl)cc1. The first-order valence-electron chi connectivity index (χ1n) is 6.60. The summed E-state index contributed by atoms with van der Waals surface area (Å²) in [5.41, 5.74) is 0.849. The average molecular weight is 326 g/mol. The molecule has 112 valence electrons. The molecule has 0 atom stereocenters. The van der Waals surface area contributed by atoms with Gasteiger partial charge in [0.05, 0.1) is 19.8 Å². The fourth-order valence-corrected chi connectivity index (χ4v) is 3.32. The zero-order valence-corrected chi connectivity index (χ0v) is 13.2.